The normalized spacial score (nSPS) is 11.0. The highest BCUT2D eigenvalue weighted by atomic mass is 31.2. The van der Waals surface area contributed by atoms with Crippen molar-refractivity contribution >= 4 is 23.3 Å². The van der Waals surface area contributed by atoms with Crippen molar-refractivity contribution in [1.29, 1.82) is 0 Å². The van der Waals surface area contributed by atoms with Crippen LogP contribution in [0.5, 0.6) is 5.75 Å². The predicted molar refractivity (Wildman–Crippen MR) is 120 cm³/mol. The van der Waals surface area contributed by atoms with Crippen LogP contribution in [0, 0.1) is 0 Å². The molecule has 3 rings (SSSR count). The molecular formula is C25H25O2P. The molecule has 0 aliphatic carbocycles. The molecule has 0 saturated carbocycles. The minimum atomic E-state index is -3.09. The fourth-order valence-electron chi connectivity index (χ4n) is 3.40. The maximum absolute atomic E-state index is 14.6. The van der Waals surface area contributed by atoms with E-state index in [1.807, 2.05) is 98.8 Å². The first-order chi connectivity index (χ1) is 13.5. The van der Waals surface area contributed by atoms with Crippen LogP contribution >= 0.6 is 7.14 Å². The molecule has 0 unspecified atom stereocenters. The Bertz CT molecular complexity index is 985. The van der Waals surface area contributed by atoms with Crippen LogP contribution in [0.25, 0.3) is 5.57 Å². The van der Waals surface area contributed by atoms with Crippen LogP contribution in [0.15, 0.2) is 102 Å². The third kappa shape index (κ3) is 3.74. The van der Waals surface area contributed by atoms with Gasteiger partial charge in [-0.25, -0.2) is 0 Å². The van der Waals surface area contributed by atoms with Gasteiger partial charge >= 0.3 is 0 Å². The maximum Gasteiger partial charge on any atom is 0.171 e. The van der Waals surface area contributed by atoms with E-state index in [9.17, 15) is 4.57 Å². The first kappa shape index (κ1) is 19.9. The summed E-state index contributed by atoms with van der Waals surface area (Å²) in [7, 11) is -1.45. The van der Waals surface area contributed by atoms with Crippen molar-refractivity contribution in [3.63, 3.8) is 0 Å². The molecule has 0 atom stereocenters. The van der Waals surface area contributed by atoms with Gasteiger partial charge < -0.3 is 9.30 Å². The van der Waals surface area contributed by atoms with Crippen LogP contribution in [0.2, 0.25) is 0 Å². The molecule has 0 aliphatic rings. The Balaban J connectivity index is 2.20. The van der Waals surface area contributed by atoms with E-state index < -0.39 is 7.14 Å². The van der Waals surface area contributed by atoms with Crippen molar-refractivity contribution in [1.82, 2.24) is 0 Å². The second-order valence-corrected chi connectivity index (χ2v) is 9.62. The third-order valence-electron chi connectivity index (χ3n) is 4.79. The number of allylic oxidation sites excluding steroid dienone is 3. The molecule has 0 fully saturated rings. The second-order valence-electron chi connectivity index (χ2n) is 6.83. The fraction of sp³-hybridized carbons (Fsp3) is 0.120. The van der Waals surface area contributed by atoms with Crippen molar-refractivity contribution < 1.29 is 9.30 Å². The summed E-state index contributed by atoms with van der Waals surface area (Å²) in [5.41, 5.74) is 2.99. The molecule has 2 nitrogen and oxygen atoms in total. The third-order valence-corrected chi connectivity index (χ3v) is 7.82. The minimum Gasteiger partial charge on any atom is -0.497 e. The van der Waals surface area contributed by atoms with Crippen molar-refractivity contribution in [2.75, 3.05) is 7.11 Å². The van der Waals surface area contributed by atoms with E-state index in [1.54, 1.807) is 7.11 Å². The number of hydrogen-bond acceptors (Lipinski definition) is 2. The Hall–Kier alpha value is -2.83. The Kier molecular flexibility index (Phi) is 6.02. The monoisotopic (exact) mass is 388 g/mol. The molecule has 0 aromatic heterocycles. The van der Waals surface area contributed by atoms with Gasteiger partial charge in [-0.2, -0.15) is 0 Å². The standard InChI is InChI=1S/C25H25O2P/c1-19(2)25(21-15-17-22(27-4)18-16-21)20(3)28(26,23-11-7-5-8-12-23)24-13-9-6-10-14-24/h5-18H,3H2,1-2,4H3. The molecule has 0 aliphatic heterocycles. The summed E-state index contributed by atoms with van der Waals surface area (Å²) in [5, 5.41) is 2.23. The second kappa shape index (κ2) is 8.46. The van der Waals surface area contributed by atoms with Crippen LogP contribution in [0.1, 0.15) is 19.4 Å². The number of rotatable bonds is 6. The zero-order valence-corrected chi connectivity index (χ0v) is 17.4. The van der Waals surface area contributed by atoms with E-state index in [1.165, 1.54) is 0 Å². The molecule has 0 amide bonds. The van der Waals surface area contributed by atoms with Crippen LogP contribution < -0.4 is 15.3 Å². The van der Waals surface area contributed by atoms with Gasteiger partial charge in [0.1, 0.15) is 5.75 Å². The Labute approximate surface area is 167 Å². The molecule has 3 aromatic rings. The lowest BCUT2D eigenvalue weighted by molar-refractivity contribution is 0.415. The lowest BCUT2D eigenvalue weighted by Gasteiger charge is -2.25. The molecule has 3 aromatic carbocycles. The highest BCUT2D eigenvalue weighted by Crippen LogP contribution is 2.56. The van der Waals surface area contributed by atoms with Gasteiger partial charge in [-0.05, 0) is 37.1 Å². The molecule has 0 saturated heterocycles. The van der Waals surface area contributed by atoms with E-state index >= 15 is 0 Å². The van der Waals surface area contributed by atoms with E-state index in [-0.39, 0.29) is 0 Å². The van der Waals surface area contributed by atoms with Crippen molar-refractivity contribution in [2.24, 2.45) is 0 Å². The van der Waals surface area contributed by atoms with Crippen molar-refractivity contribution in [3.05, 3.63) is 108 Å². The molecular weight excluding hydrogens is 363 g/mol. The van der Waals surface area contributed by atoms with Gasteiger partial charge in [-0.3, -0.25) is 0 Å². The van der Waals surface area contributed by atoms with Gasteiger partial charge in [0.2, 0.25) is 0 Å². The molecule has 3 heteroatoms. The highest BCUT2D eigenvalue weighted by molar-refractivity contribution is 7.83. The van der Waals surface area contributed by atoms with Crippen LogP contribution in [-0.2, 0) is 4.57 Å². The summed E-state index contributed by atoms with van der Waals surface area (Å²) >= 11 is 0. The van der Waals surface area contributed by atoms with Crippen LogP contribution in [0.4, 0.5) is 0 Å². The number of methoxy groups -OCH3 is 1. The fourth-order valence-corrected chi connectivity index (χ4v) is 6.17. The Morgan fingerprint density at radius 2 is 1.25 bits per heavy atom. The summed E-state index contributed by atoms with van der Waals surface area (Å²) in [6.07, 6.45) is 0. The average Bonchev–Trinajstić information content (AvgIpc) is 2.74. The molecule has 142 valence electrons. The SMILES string of the molecule is C=C(C(=C(C)C)c1ccc(OC)cc1)P(=O)(c1ccccc1)c1ccccc1. The Morgan fingerprint density at radius 1 is 0.786 bits per heavy atom. The lowest BCUT2D eigenvalue weighted by Crippen LogP contribution is -2.18. The Morgan fingerprint density at radius 3 is 1.64 bits per heavy atom. The van der Waals surface area contributed by atoms with E-state index in [0.29, 0.717) is 5.31 Å². The summed E-state index contributed by atoms with van der Waals surface area (Å²) in [6.45, 7) is 8.43. The average molecular weight is 388 g/mol. The highest BCUT2D eigenvalue weighted by Gasteiger charge is 2.33. The van der Waals surface area contributed by atoms with E-state index in [2.05, 4.69) is 6.58 Å². The van der Waals surface area contributed by atoms with Crippen LogP contribution in [0.3, 0.4) is 0 Å². The summed E-state index contributed by atoms with van der Waals surface area (Å²) in [6, 6.07) is 27.1. The maximum atomic E-state index is 14.6. The first-order valence-electron chi connectivity index (χ1n) is 9.21. The molecule has 0 heterocycles. The van der Waals surface area contributed by atoms with Gasteiger partial charge in [0, 0.05) is 15.9 Å². The van der Waals surface area contributed by atoms with Gasteiger partial charge in [-0.1, -0.05) is 84.9 Å². The van der Waals surface area contributed by atoms with Gasteiger partial charge in [0.25, 0.3) is 0 Å². The van der Waals surface area contributed by atoms with E-state index in [0.717, 1.165) is 33.1 Å². The first-order valence-corrected chi connectivity index (χ1v) is 10.9. The predicted octanol–water partition coefficient (Wildman–Crippen LogP) is 6.02. The lowest BCUT2D eigenvalue weighted by atomic mass is 10.0. The van der Waals surface area contributed by atoms with Gasteiger partial charge in [-0.15, -0.1) is 0 Å². The summed E-state index contributed by atoms with van der Waals surface area (Å²) < 4.78 is 19.9. The molecule has 0 bridgehead atoms. The quantitative estimate of drug-likeness (QED) is 0.381. The topological polar surface area (TPSA) is 26.3 Å². The summed E-state index contributed by atoms with van der Waals surface area (Å²) in [4.78, 5) is 0. The molecule has 28 heavy (non-hydrogen) atoms. The van der Waals surface area contributed by atoms with Crippen LogP contribution in [-0.4, -0.2) is 7.11 Å². The van der Waals surface area contributed by atoms with Gasteiger partial charge in [0.05, 0.1) is 7.11 Å². The van der Waals surface area contributed by atoms with Crippen molar-refractivity contribution in [2.45, 2.75) is 13.8 Å². The number of ether oxygens (including phenoxy) is 1. The number of benzene rings is 3. The molecule has 0 spiro atoms. The minimum absolute atomic E-state index is 0.648. The zero-order valence-electron chi connectivity index (χ0n) is 16.6. The smallest absolute Gasteiger partial charge is 0.171 e. The summed E-state index contributed by atoms with van der Waals surface area (Å²) in [5.74, 6) is 0.789. The number of hydrogen-bond donors (Lipinski definition) is 0. The molecule has 0 radical (unpaired) electrons. The zero-order chi connectivity index (χ0) is 20.1. The molecule has 0 N–H and O–H groups in total. The van der Waals surface area contributed by atoms with E-state index in [4.69, 9.17) is 4.74 Å². The van der Waals surface area contributed by atoms with Crippen molar-refractivity contribution in [3.8, 4) is 5.75 Å². The van der Waals surface area contributed by atoms with Gasteiger partial charge in [0.15, 0.2) is 7.14 Å². The largest absolute Gasteiger partial charge is 0.497 e.